The zero-order valence-corrected chi connectivity index (χ0v) is 11.6. The van der Waals surface area contributed by atoms with Crippen molar-refractivity contribution in [2.75, 3.05) is 18.0 Å². The molecule has 2 nitrogen and oxygen atoms in total. The Balaban J connectivity index is 2.94. The summed E-state index contributed by atoms with van der Waals surface area (Å²) in [4.78, 5) is 2.44. The molecule has 17 heavy (non-hydrogen) atoms. The first-order valence-corrected chi connectivity index (χ1v) is 6.69. The van der Waals surface area contributed by atoms with Crippen molar-refractivity contribution in [3.63, 3.8) is 0 Å². The molecule has 0 spiro atoms. The number of hydrogen-bond acceptors (Lipinski definition) is 2. The largest absolute Gasteiger partial charge is 0.371 e. The van der Waals surface area contributed by atoms with Gasteiger partial charge < -0.3 is 10.6 Å². The fraction of sp³-hybridized carbons (Fsp3) is 0.600. The van der Waals surface area contributed by atoms with Gasteiger partial charge in [-0.05, 0) is 31.4 Å². The average Bonchev–Trinajstić information content (AvgIpc) is 2.35. The van der Waals surface area contributed by atoms with Crippen LogP contribution in [-0.4, -0.2) is 13.1 Å². The van der Waals surface area contributed by atoms with Crippen LogP contribution >= 0.6 is 0 Å². The van der Waals surface area contributed by atoms with Crippen molar-refractivity contribution >= 4 is 5.69 Å². The van der Waals surface area contributed by atoms with Crippen molar-refractivity contribution in [2.24, 2.45) is 11.7 Å². The second-order valence-electron chi connectivity index (χ2n) is 4.90. The van der Waals surface area contributed by atoms with Crippen LogP contribution in [0, 0.1) is 5.92 Å². The Labute approximate surface area is 106 Å². The fourth-order valence-corrected chi connectivity index (χ4v) is 2.06. The molecule has 0 saturated heterocycles. The molecule has 0 bridgehead atoms. The van der Waals surface area contributed by atoms with Crippen molar-refractivity contribution in [3.05, 3.63) is 29.8 Å². The Hall–Kier alpha value is -1.02. The smallest absolute Gasteiger partial charge is 0.0414 e. The molecular weight excluding hydrogens is 208 g/mol. The van der Waals surface area contributed by atoms with Gasteiger partial charge in [0.2, 0.25) is 0 Å². The molecule has 0 amide bonds. The van der Waals surface area contributed by atoms with E-state index < -0.39 is 0 Å². The third-order valence-electron chi connectivity index (χ3n) is 3.38. The van der Waals surface area contributed by atoms with Gasteiger partial charge in [-0.2, -0.15) is 0 Å². The van der Waals surface area contributed by atoms with Crippen LogP contribution in [0.2, 0.25) is 0 Å². The van der Waals surface area contributed by atoms with E-state index in [4.69, 9.17) is 5.73 Å². The maximum Gasteiger partial charge on any atom is 0.0414 e. The predicted molar refractivity (Wildman–Crippen MR) is 76.4 cm³/mol. The molecule has 2 atom stereocenters. The minimum absolute atomic E-state index is 0.0946. The average molecular weight is 234 g/mol. The van der Waals surface area contributed by atoms with Crippen molar-refractivity contribution in [1.29, 1.82) is 0 Å². The molecule has 0 aliphatic carbocycles. The Bertz CT molecular complexity index is 333. The van der Waals surface area contributed by atoms with Crippen molar-refractivity contribution in [2.45, 2.75) is 40.2 Å². The third kappa shape index (κ3) is 3.74. The molecule has 0 saturated carbocycles. The fourth-order valence-electron chi connectivity index (χ4n) is 2.06. The summed E-state index contributed by atoms with van der Waals surface area (Å²) < 4.78 is 0. The Morgan fingerprint density at radius 3 is 2.35 bits per heavy atom. The molecule has 0 heterocycles. The van der Waals surface area contributed by atoms with Crippen LogP contribution < -0.4 is 10.6 Å². The Morgan fingerprint density at radius 2 is 1.82 bits per heavy atom. The lowest BCUT2D eigenvalue weighted by atomic mass is 10.0. The van der Waals surface area contributed by atoms with Gasteiger partial charge in [0.05, 0.1) is 0 Å². The summed E-state index contributed by atoms with van der Waals surface area (Å²) in [6.07, 6.45) is 1.22. The molecule has 0 aromatic heterocycles. The van der Waals surface area contributed by atoms with Gasteiger partial charge in [0.1, 0.15) is 0 Å². The van der Waals surface area contributed by atoms with Gasteiger partial charge in [-0.1, -0.05) is 38.5 Å². The maximum absolute atomic E-state index is 6.04. The highest BCUT2D eigenvalue weighted by atomic mass is 15.1. The van der Waals surface area contributed by atoms with Gasteiger partial charge in [-0.15, -0.1) is 0 Å². The second-order valence-corrected chi connectivity index (χ2v) is 4.90. The highest BCUT2D eigenvalue weighted by Crippen LogP contribution is 2.25. The summed E-state index contributed by atoms with van der Waals surface area (Å²) in [5.41, 5.74) is 8.59. The van der Waals surface area contributed by atoms with E-state index in [-0.39, 0.29) is 6.04 Å². The first-order chi connectivity index (χ1) is 8.10. The van der Waals surface area contributed by atoms with Gasteiger partial charge in [-0.25, -0.2) is 0 Å². The topological polar surface area (TPSA) is 29.3 Å². The summed E-state index contributed by atoms with van der Waals surface area (Å²) in [7, 11) is 0. The van der Waals surface area contributed by atoms with Gasteiger partial charge in [0, 0.05) is 24.8 Å². The third-order valence-corrected chi connectivity index (χ3v) is 3.38. The summed E-state index contributed by atoms with van der Waals surface area (Å²) in [5, 5.41) is 0. The highest BCUT2D eigenvalue weighted by Gasteiger charge is 2.13. The van der Waals surface area contributed by atoms with Gasteiger partial charge in [0.15, 0.2) is 0 Å². The van der Waals surface area contributed by atoms with E-state index in [1.165, 1.54) is 17.7 Å². The van der Waals surface area contributed by atoms with Gasteiger partial charge >= 0.3 is 0 Å². The van der Waals surface area contributed by atoms with Crippen LogP contribution in [0.1, 0.15) is 45.7 Å². The molecule has 2 unspecified atom stereocenters. The summed E-state index contributed by atoms with van der Waals surface area (Å²) in [6, 6.07) is 8.58. The zero-order valence-electron chi connectivity index (χ0n) is 11.6. The lowest BCUT2D eigenvalue weighted by molar-refractivity contribution is 0.546. The van der Waals surface area contributed by atoms with E-state index in [9.17, 15) is 0 Å². The molecular formula is C15H26N2. The van der Waals surface area contributed by atoms with Crippen molar-refractivity contribution < 1.29 is 0 Å². The number of para-hydroxylation sites is 1. The summed E-state index contributed by atoms with van der Waals surface area (Å²) in [6.45, 7) is 11.0. The lowest BCUT2D eigenvalue weighted by Gasteiger charge is -2.29. The minimum Gasteiger partial charge on any atom is -0.371 e. The molecule has 1 aromatic carbocycles. The number of hydrogen-bond donors (Lipinski definition) is 1. The predicted octanol–water partition coefficient (Wildman–Crippen LogP) is 3.58. The van der Waals surface area contributed by atoms with Crippen LogP contribution in [0.5, 0.6) is 0 Å². The normalized spacial score (nSPS) is 14.4. The molecule has 0 radical (unpaired) electrons. The number of anilines is 1. The van der Waals surface area contributed by atoms with Crippen LogP contribution in [0.4, 0.5) is 5.69 Å². The van der Waals surface area contributed by atoms with Crippen molar-refractivity contribution in [1.82, 2.24) is 0 Å². The van der Waals surface area contributed by atoms with Crippen LogP contribution in [0.3, 0.4) is 0 Å². The molecule has 1 aromatic rings. The minimum atomic E-state index is 0.0946. The monoisotopic (exact) mass is 234 g/mol. The van der Waals surface area contributed by atoms with E-state index in [1.807, 2.05) is 0 Å². The quantitative estimate of drug-likeness (QED) is 0.815. The maximum atomic E-state index is 6.04. The SMILES string of the molecule is CCC(C)CN(CC)c1ccccc1C(C)N. The molecule has 2 N–H and O–H groups in total. The highest BCUT2D eigenvalue weighted by molar-refractivity contribution is 5.54. The molecule has 0 aliphatic rings. The lowest BCUT2D eigenvalue weighted by Crippen LogP contribution is -2.29. The first-order valence-electron chi connectivity index (χ1n) is 6.69. The van der Waals surface area contributed by atoms with E-state index >= 15 is 0 Å². The number of nitrogens with zero attached hydrogens (tertiary/aromatic N) is 1. The van der Waals surface area contributed by atoms with E-state index in [0.29, 0.717) is 0 Å². The summed E-state index contributed by atoms with van der Waals surface area (Å²) >= 11 is 0. The van der Waals surface area contributed by atoms with Gasteiger partial charge in [-0.3, -0.25) is 0 Å². The first kappa shape index (κ1) is 14.0. The van der Waals surface area contributed by atoms with Crippen LogP contribution in [0.25, 0.3) is 0 Å². The van der Waals surface area contributed by atoms with Gasteiger partial charge in [0.25, 0.3) is 0 Å². The molecule has 96 valence electrons. The molecule has 0 aliphatic heterocycles. The van der Waals surface area contributed by atoms with E-state index in [1.54, 1.807) is 0 Å². The van der Waals surface area contributed by atoms with E-state index in [2.05, 4.69) is 56.9 Å². The second kappa shape index (κ2) is 6.65. The molecule has 0 fully saturated rings. The standard InChI is InChI=1S/C15H26N2/c1-5-12(3)11-17(6-2)15-10-8-7-9-14(15)13(4)16/h7-10,12-13H,5-6,11,16H2,1-4H3. The molecule has 2 heteroatoms. The van der Waals surface area contributed by atoms with Crippen LogP contribution in [0.15, 0.2) is 24.3 Å². The van der Waals surface area contributed by atoms with Crippen molar-refractivity contribution in [3.8, 4) is 0 Å². The number of nitrogens with two attached hydrogens (primary N) is 1. The van der Waals surface area contributed by atoms with E-state index in [0.717, 1.165) is 19.0 Å². The zero-order chi connectivity index (χ0) is 12.8. The van der Waals surface area contributed by atoms with Crippen LogP contribution in [-0.2, 0) is 0 Å². The number of rotatable bonds is 6. The molecule has 1 rings (SSSR count). The summed E-state index contributed by atoms with van der Waals surface area (Å²) in [5.74, 6) is 0.719. The Morgan fingerprint density at radius 1 is 1.18 bits per heavy atom. The number of benzene rings is 1. The Kier molecular flexibility index (Phi) is 5.49.